The first-order valence-corrected chi connectivity index (χ1v) is 9.07. The molecule has 3 aromatic heterocycles. The van der Waals surface area contributed by atoms with Crippen LogP contribution in [0, 0.1) is 0 Å². The van der Waals surface area contributed by atoms with Crippen LogP contribution in [0.4, 0.5) is 0 Å². The fraction of sp³-hybridized carbons (Fsp3) is 0.300. The van der Waals surface area contributed by atoms with E-state index < -0.39 is 0 Å². The highest BCUT2D eigenvalue weighted by Gasteiger charge is 2.22. The van der Waals surface area contributed by atoms with Crippen LogP contribution in [-0.2, 0) is 6.54 Å². The van der Waals surface area contributed by atoms with Crippen molar-refractivity contribution in [3.8, 4) is 11.5 Å². The molecule has 0 spiro atoms. The highest BCUT2D eigenvalue weighted by Crippen LogP contribution is 2.14. The topological polar surface area (TPSA) is 75.4 Å². The SMILES string of the molecule is O=C(c1ccco1)N1CCCN(Cc2cnc(-c3ccccn3)nc2)CC1. The molecule has 0 N–H and O–H groups in total. The molecule has 0 atom stereocenters. The third-order valence-electron chi connectivity index (χ3n) is 4.61. The Kier molecular flexibility index (Phi) is 5.20. The number of aromatic nitrogens is 3. The van der Waals surface area contributed by atoms with Gasteiger partial charge in [-0.2, -0.15) is 0 Å². The van der Waals surface area contributed by atoms with Crippen LogP contribution in [0.25, 0.3) is 11.5 Å². The van der Waals surface area contributed by atoms with Gasteiger partial charge in [-0.15, -0.1) is 0 Å². The molecule has 0 aliphatic carbocycles. The average Bonchev–Trinajstić information content (AvgIpc) is 3.16. The van der Waals surface area contributed by atoms with Crippen LogP contribution >= 0.6 is 0 Å². The second kappa shape index (κ2) is 8.09. The molecule has 1 fully saturated rings. The van der Waals surface area contributed by atoms with Gasteiger partial charge in [0.25, 0.3) is 5.91 Å². The maximum atomic E-state index is 12.4. The first-order chi connectivity index (χ1) is 13.3. The van der Waals surface area contributed by atoms with Crippen molar-refractivity contribution >= 4 is 5.91 Å². The van der Waals surface area contributed by atoms with Gasteiger partial charge in [0.2, 0.25) is 0 Å². The first-order valence-electron chi connectivity index (χ1n) is 9.07. The minimum Gasteiger partial charge on any atom is -0.459 e. The lowest BCUT2D eigenvalue weighted by atomic mass is 10.3. The molecule has 1 aliphatic heterocycles. The Hall–Kier alpha value is -3.06. The molecule has 1 amide bonds. The molecule has 0 bridgehead atoms. The van der Waals surface area contributed by atoms with E-state index in [1.54, 1.807) is 18.3 Å². The number of hydrogen-bond donors (Lipinski definition) is 0. The lowest BCUT2D eigenvalue weighted by Gasteiger charge is -2.21. The lowest BCUT2D eigenvalue weighted by Crippen LogP contribution is -2.34. The van der Waals surface area contributed by atoms with Crippen LogP contribution in [0.2, 0.25) is 0 Å². The molecular weight excluding hydrogens is 342 g/mol. The quantitative estimate of drug-likeness (QED) is 0.709. The van der Waals surface area contributed by atoms with E-state index in [9.17, 15) is 4.79 Å². The summed E-state index contributed by atoms with van der Waals surface area (Å²) >= 11 is 0. The predicted octanol–water partition coefficient (Wildman–Crippen LogP) is 2.48. The maximum absolute atomic E-state index is 12.4. The summed E-state index contributed by atoms with van der Waals surface area (Å²) in [6.07, 6.45) is 7.91. The Labute approximate surface area is 157 Å². The van der Waals surface area contributed by atoms with Gasteiger partial charge >= 0.3 is 0 Å². The first kappa shape index (κ1) is 17.4. The van der Waals surface area contributed by atoms with Gasteiger partial charge in [-0.25, -0.2) is 9.97 Å². The van der Waals surface area contributed by atoms with Crippen molar-refractivity contribution < 1.29 is 9.21 Å². The van der Waals surface area contributed by atoms with Crippen molar-refractivity contribution in [3.63, 3.8) is 0 Å². The molecule has 0 unspecified atom stereocenters. The molecule has 4 rings (SSSR count). The number of furan rings is 1. The summed E-state index contributed by atoms with van der Waals surface area (Å²) in [6, 6.07) is 9.15. The summed E-state index contributed by atoms with van der Waals surface area (Å²) in [5.41, 5.74) is 1.83. The highest BCUT2D eigenvalue weighted by molar-refractivity contribution is 5.91. The van der Waals surface area contributed by atoms with E-state index >= 15 is 0 Å². The van der Waals surface area contributed by atoms with Gasteiger partial charge in [0, 0.05) is 56.9 Å². The van der Waals surface area contributed by atoms with E-state index in [4.69, 9.17) is 4.42 Å². The number of hydrogen-bond acceptors (Lipinski definition) is 6. The minimum atomic E-state index is -0.0371. The van der Waals surface area contributed by atoms with Gasteiger partial charge < -0.3 is 9.32 Å². The summed E-state index contributed by atoms with van der Waals surface area (Å²) in [5.74, 6) is 0.997. The minimum absolute atomic E-state index is 0.0371. The van der Waals surface area contributed by atoms with Gasteiger partial charge in [-0.3, -0.25) is 14.7 Å². The van der Waals surface area contributed by atoms with Crippen molar-refractivity contribution in [2.45, 2.75) is 13.0 Å². The third-order valence-corrected chi connectivity index (χ3v) is 4.61. The number of rotatable bonds is 4. The monoisotopic (exact) mass is 363 g/mol. The Morgan fingerprint density at radius 3 is 2.63 bits per heavy atom. The van der Waals surface area contributed by atoms with E-state index in [0.29, 0.717) is 18.1 Å². The average molecular weight is 363 g/mol. The summed E-state index contributed by atoms with van der Waals surface area (Å²) in [4.78, 5) is 29.8. The van der Waals surface area contributed by atoms with Crippen molar-refractivity contribution in [2.75, 3.05) is 26.2 Å². The molecule has 0 saturated carbocycles. The predicted molar refractivity (Wildman–Crippen MR) is 99.8 cm³/mol. The van der Waals surface area contributed by atoms with Crippen molar-refractivity contribution in [2.24, 2.45) is 0 Å². The molecule has 7 nitrogen and oxygen atoms in total. The summed E-state index contributed by atoms with van der Waals surface area (Å²) in [7, 11) is 0. The Morgan fingerprint density at radius 2 is 1.89 bits per heavy atom. The standard InChI is InChI=1S/C20H21N5O2/c26-20(18-6-3-12-27-18)25-9-4-8-24(10-11-25)15-16-13-22-19(23-14-16)17-5-1-2-7-21-17/h1-3,5-7,12-14H,4,8-11,15H2. The van der Waals surface area contributed by atoms with Gasteiger partial charge in [0.15, 0.2) is 11.6 Å². The second-order valence-corrected chi connectivity index (χ2v) is 6.53. The molecule has 1 aliphatic rings. The summed E-state index contributed by atoms with van der Waals surface area (Å²) in [6.45, 7) is 3.95. The van der Waals surface area contributed by atoms with Crippen molar-refractivity contribution in [3.05, 3.63) is 66.5 Å². The molecule has 3 aromatic rings. The van der Waals surface area contributed by atoms with Gasteiger partial charge in [-0.05, 0) is 30.7 Å². The van der Waals surface area contributed by atoms with Crippen molar-refractivity contribution in [1.82, 2.24) is 24.8 Å². The number of pyridine rings is 1. The normalized spacial score (nSPS) is 15.5. The van der Waals surface area contributed by atoms with Crippen LogP contribution in [0.5, 0.6) is 0 Å². The van der Waals surface area contributed by atoms with Crippen LogP contribution in [0.15, 0.2) is 59.6 Å². The molecule has 27 heavy (non-hydrogen) atoms. The fourth-order valence-electron chi connectivity index (χ4n) is 3.21. The van der Waals surface area contributed by atoms with Crippen molar-refractivity contribution in [1.29, 1.82) is 0 Å². The lowest BCUT2D eigenvalue weighted by molar-refractivity contribution is 0.0729. The van der Waals surface area contributed by atoms with E-state index in [2.05, 4.69) is 19.9 Å². The Morgan fingerprint density at radius 1 is 1.00 bits per heavy atom. The summed E-state index contributed by atoms with van der Waals surface area (Å²) in [5, 5.41) is 0. The van der Waals surface area contributed by atoms with Crippen LogP contribution in [0.1, 0.15) is 22.5 Å². The van der Waals surface area contributed by atoms with E-state index in [1.807, 2.05) is 35.5 Å². The Balaban J connectivity index is 1.35. The molecule has 1 saturated heterocycles. The zero-order valence-electron chi connectivity index (χ0n) is 15.0. The van der Waals surface area contributed by atoms with Gasteiger partial charge in [-0.1, -0.05) is 6.07 Å². The number of nitrogens with zero attached hydrogens (tertiary/aromatic N) is 5. The van der Waals surface area contributed by atoms with Gasteiger partial charge in [0.05, 0.1) is 6.26 Å². The number of carbonyl (C=O) groups is 1. The molecular formula is C20H21N5O2. The largest absolute Gasteiger partial charge is 0.459 e. The number of carbonyl (C=O) groups excluding carboxylic acids is 1. The van der Waals surface area contributed by atoms with E-state index in [1.165, 1.54) is 6.26 Å². The Bertz CT molecular complexity index is 865. The van der Waals surface area contributed by atoms with Gasteiger partial charge in [0.1, 0.15) is 5.69 Å². The van der Waals surface area contributed by atoms with Crippen LogP contribution in [0.3, 0.4) is 0 Å². The van der Waals surface area contributed by atoms with E-state index in [-0.39, 0.29) is 5.91 Å². The molecule has 138 valence electrons. The summed E-state index contributed by atoms with van der Waals surface area (Å²) < 4.78 is 5.23. The second-order valence-electron chi connectivity index (χ2n) is 6.53. The fourth-order valence-corrected chi connectivity index (χ4v) is 3.21. The zero-order valence-corrected chi connectivity index (χ0v) is 15.0. The molecule has 7 heteroatoms. The number of amides is 1. The van der Waals surface area contributed by atoms with Crippen LogP contribution in [-0.4, -0.2) is 56.8 Å². The third kappa shape index (κ3) is 4.20. The maximum Gasteiger partial charge on any atom is 0.289 e. The molecule has 0 aromatic carbocycles. The molecule has 0 radical (unpaired) electrons. The van der Waals surface area contributed by atoms with E-state index in [0.717, 1.165) is 43.9 Å². The highest BCUT2D eigenvalue weighted by atomic mass is 16.3. The smallest absolute Gasteiger partial charge is 0.289 e. The van der Waals surface area contributed by atoms with Crippen LogP contribution < -0.4 is 0 Å². The zero-order chi connectivity index (χ0) is 18.5. The molecule has 4 heterocycles.